The Labute approximate surface area is 101 Å². The van der Waals surface area contributed by atoms with E-state index in [0.29, 0.717) is 0 Å². The Balaban J connectivity index is 2.23. The van der Waals surface area contributed by atoms with Gasteiger partial charge in [0.1, 0.15) is 0 Å². The molecule has 3 nitrogen and oxygen atoms in total. The lowest BCUT2D eigenvalue weighted by atomic mass is 10.0. The van der Waals surface area contributed by atoms with E-state index in [-0.39, 0.29) is 0 Å². The molecule has 1 heterocycles. The summed E-state index contributed by atoms with van der Waals surface area (Å²) in [5, 5.41) is 4.34. The Morgan fingerprint density at radius 3 is 2.47 bits per heavy atom. The second-order valence-corrected chi connectivity index (χ2v) is 3.68. The molecule has 0 spiro atoms. The average Bonchev–Trinajstić information content (AvgIpc) is 2.40. The van der Waals surface area contributed by atoms with Crippen molar-refractivity contribution in [3.05, 3.63) is 66.0 Å². The second-order valence-electron chi connectivity index (χ2n) is 3.68. The quantitative estimate of drug-likeness (QED) is 0.640. The van der Waals surface area contributed by atoms with Gasteiger partial charge in [-0.05, 0) is 23.3 Å². The monoisotopic (exact) mass is 225 g/mol. The molecule has 2 aromatic rings. The number of pyridine rings is 1. The molecule has 0 fully saturated rings. The molecule has 0 aliphatic rings. The molecular formula is C14H15N3. The highest BCUT2D eigenvalue weighted by molar-refractivity contribution is 6.01. The molecule has 0 aliphatic carbocycles. The molecule has 86 valence electrons. The molecular weight excluding hydrogens is 210 g/mol. The Morgan fingerprint density at radius 1 is 1.12 bits per heavy atom. The van der Waals surface area contributed by atoms with Gasteiger partial charge in [0.2, 0.25) is 0 Å². The lowest BCUT2D eigenvalue weighted by molar-refractivity contribution is 0.894. The van der Waals surface area contributed by atoms with E-state index in [9.17, 15) is 0 Å². The van der Waals surface area contributed by atoms with Crippen molar-refractivity contribution < 1.29 is 0 Å². The summed E-state index contributed by atoms with van der Waals surface area (Å²) in [7, 11) is 1.81. The van der Waals surface area contributed by atoms with Crippen LogP contribution in [0.2, 0.25) is 0 Å². The van der Waals surface area contributed by atoms with Crippen molar-refractivity contribution >= 4 is 5.71 Å². The van der Waals surface area contributed by atoms with E-state index in [1.165, 1.54) is 5.56 Å². The summed E-state index contributed by atoms with van der Waals surface area (Å²) in [5.41, 5.74) is 6.23. The Hall–Kier alpha value is -2.16. The maximum absolute atomic E-state index is 4.34. The molecule has 0 atom stereocenters. The van der Waals surface area contributed by atoms with Gasteiger partial charge >= 0.3 is 0 Å². The van der Waals surface area contributed by atoms with E-state index < -0.39 is 0 Å². The van der Waals surface area contributed by atoms with E-state index in [1.54, 1.807) is 12.4 Å². The van der Waals surface area contributed by atoms with E-state index in [2.05, 4.69) is 27.6 Å². The molecule has 0 unspecified atom stereocenters. The van der Waals surface area contributed by atoms with Gasteiger partial charge in [-0.1, -0.05) is 30.3 Å². The van der Waals surface area contributed by atoms with Crippen molar-refractivity contribution in [2.45, 2.75) is 6.42 Å². The third-order valence-electron chi connectivity index (χ3n) is 2.47. The molecule has 0 saturated carbocycles. The third kappa shape index (κ3) is 3.14. The van der Waals surface area contributed by atoms with Gasteiger partial charge in [-0.3, -0.25) is 4.98 Å². The summed E-state index contributed by atoms with van der Waals surface area (Å²) in [4.78, 5) is 4.02. The molecule has 0 aliphatic heterocycles. The van der Waals surface area contributed by atoms with Gasteiger partial charge in [0.05, 0.1) is 5.71 Å². The normalized spacial score (nSPS) is 11.2. The smallest absolute Gasteiger partial charge is 0.0718 e. The zero-order chi connectivity index (χ0) is 11.9. The van der Waals surface area contributed by atoms with Gasteiger partial charge < -0.3 is 5.43 Å². The highest BCUT2D eigenvalue weighted by Crippen LogP contribution is 2.07. The highest BCUT2D eigenvalue weighted by atomic mass is 15.3. The van der Waals surface area contributed by atoms with Crippen LogP contribution in [0.1, 0.15) is 11.1 Å². The van der Waals surface area contributed by atoms with E-state index in [4.69, 9.17) is 0 Å². The minimum absolute atomic E-state index is 0.799. The summed E-state index contributed by atoms with van der Waals surface area (Å²) in [6.07, 6.45) is 4.40. The summed E-state index contributed by atoms with van der Waals surface area (Å²) in [6, 6.07) is 14.2. The number of rotatable bonds is 4. The number of hydrogen-bond donors (Lipinski definition) is 1. The molecule has 3 heteroatoms. The minimum Gasteiger partial charge on any atom is -0.313 e. The zero-order valence-corrected chi connectivity index (χ0v) is 9.80. The van der Waals surface area contributed by atoms with Crippen LogP contribution in [0.15, 0.2) is 60.0 Å². The number of nitrogens with one attached hydrogen (secondary N) is 1. The molecule has 2 rings (SSSR count). The number of hydrazone groups is 1. The first kappa shape index (κ1) is 11.3. The predicted molar refractivity (Wildman–Crippen MR) is 70.0 cm³/mol. The van der Waals surface area contributed by atoms with Crippen molar-refractivity contribution in [2.75, 3.05) is 7.05 Å². The predicted octanol–water partition coefficient (Wildman–Crippen LogP) is 2.25. The number of nitrogens with zero attached hydrogens (tertiary/aromatic N) is 2. The molecule has 1 N–H and O–H groups in total. The molecule has 1 aromatic heterocycles. The van der Waals surface area contributed by atoms with Crippen molar-refractivity contribution in [3.63, 3.8) is 0 Å². The molecule has 0 amide bonds. The number of hydrogen-bond acceptors (Lipinski definition) is 3. The largest absolute Gasteiger partial charge is 0.313 e. The summed E-state index contributed by atoms with van der Waals surface area (Å²) in [5.74, 6) is 0. The Kier molecular flexibility index (Phi) is 3.86. The van der Waals surface area contributed by atoms with Crippen LogP contribution in [0.3, 0.4) is 0 Å². The summed E-state index contributed by atoms with van der Waals surface area (Å²) >= 11 is 0. The van der Waals surface area contributed by atoms with Crippen LogP contribution in [0.25, 0.3) is 0 Å². The van der Waals surface area contributed by atoms with E-state index in [1.807, 2.05) is 37.4 Å². The van der Waals surface area contributed by atoms with Crippen LogP contribution in [0.5, 0.6) is 0 Å². The maximum atomic E-state index is 4.34. The first-order valence-electron chi connectivity index (χ1n) is 5.58. The fraction of sp³-hybridized carbons (Fsp3) is 0.143. The first-order valence-corrected chi connectivity index (χ1v) is 5.58. The summed E-state index contributed by atoms with van der Waals surface area (Å²) in [6.45, 7) is 0. The molecule has 0 radical (unpaired) electrons. The molecule has 0 bridgehead atoms. The SMILES string of the molecule is CN/N=C(\Cc1ccncc1)c1ccccc1. The van der Waals surface area contributed by atoms with Gasteiger partial charge in [0.25, 0.3) is 0 Å². The first-order chi connectivity index (χ1) is 8.40. The topological polar surface area (TPSA) is 37.3 Å². The zero-order valence-electron chi connectivity index (χ0n) is 9.80. The highest BCUT2D eigenvalue weighted by Gasteiger charge is 2.04. The van der Waals surface area contributed by atoms with Crippen molar-refractivity contribution in [3.8, 4) is 0 Å². The lowest BCUT2D eigenvalue weighted by Gasteiger charge is -2.06. The Morgan fingerprint density at radius 2 is 1.82 bits per heavy atom. The molecule has 1 aromatic carbocycles. The van der Waals surface area contributed by atoms with Gasteiger partial charge in [-0.15, -0.1) is 0 Å². The van der Waals surface area contributed by atoms with Gasteiger partial charge in [0, 0.05) is 25.9 Å². The fourth-order valence-electron chi connectivity index (χ4n) is 1.67. The van der Waals surface area contributed by atoms with Crippen LogP contribution >= 0.6 is 0 Å². The fourth-order valence-corrected chi connectivity index (χ4v) is 1.67. The number of benzene rings is 1. The van der Waals surface area contributed by atoms with Crippen LogP contribution in [-0.4, -0.2) is 17.7 Å². The lowest BCUT2D eigenvalue weighted by Crippen LogP contribution is -2.10. The van der Waals surface area contributed by atoms with Gasteiger partial charge in [-0.25, -0.2) is 0 Å². The van der Waals surface area contributed by atoms with E-state index >= 15 is 0 Å². The number of aromatic nitrogens is 1. The minimum atomic E-state index is 0.799. The molecule has 0 saturated heterocycles. The second kappa shape index (κ2) is 5.80. The van der Waals surface area contributed by atoms with Crippen molar-refractivity contribution in [2.24, 2.45) is 5.10 Å². The third-order valence-corrected chi connectivity index (χ3v) is 2.47. The van der Waals surface area contributed by atoms with Gasteiger partial charge in [0.15, 0.2) is 0 Å². The maximum Gasteiger partial charge on any atom is 0.0718 e. The van der Waals surface area contributed by atoms with Crippen LogP contribution < -0.4 is 5.43 Å². The van der Waals surface area contributed by atoms with Crippen molar-refractivity contribution in [1.29, 1.82) is 0 Å². The van der Waals surface area contributed by atoms with Crippen LogP contribution in [0.4, 0.5) is 0 Å². The summed E-state index contributed by atoms with van der Waals surface area (Å²) < 4.78 is 0. The van der Waals surface area contributed by atoms with Crippen LogP contribution in [0, 0.1) is 0 Å². The van der Waals surface area contributed by atoms with Gasteiger partial charge in [-0.2, -0.15) is 5.10 Å². The van der Waals surface area contributed by atoms with E-state index in [0.717, 1.165) is 17.7 Å². The molecule has 17 heavy (non-hydrogen) atoms. The standard InChI is InChI=1S/C14H15N3/c1-15-17-14(13-5-3-2-4-6-13)11-12-7-9-16-10-8-12/h2-10,15H,11H2,1H3/b17-14+. The van der Waals surface area contributed by atoms with Crippen LogP contribution in [-0.2, 0) is 6.42 Å². The average molecular weight is 225 g/mol. The van der Waals surface area contributed by atoms with Crippen molar-refractivity contribution in [1.82, 2.24) is 10.4 Å². The Bertz CT molecular complexity index is 477.